The summed E-state index contributed by atoms with van der Waals surface area (Å²) in [5.74, 6) is 0.511. The van der Waals surface area contributed by atoms with Crippen LogP contribution in [0.4, 0.5) is 0 Å². The van der Waals surface area contributed by atoms with Crippen LogP contribution < -0.4 is 27.0 Å². The van der Waals surface area contributed by atoms with Crippen molar-refractivity contribution >= 4 is 24.4 Å². The molecule has 0 aliphatic heterocycles. The zero-order valence-electron chi connectivity index (χ0n) is 17.7. The fourth-order valence-electron chi connectivity index (χ4n) is 2.35. The minimum absolute atomic E-state index is 0.00871. The highest BCUT2D eigenvalue weighted by Gasteiger charge is 2.01. The Hall–Kier alpha value is -0.910. The van der Waals surface area contributed by atoms with Gasteiger partial charge in [0, 0.05) is 45.6 Å². The quantitative estimate of drug-likeness (QED) is 0.0978. The van der Waals surface area contributed by atoms with Gasteiger partial charge in [-0.15, -0.1) is 0 Å². The van der Waals surface area contributed by atoms with Crippen molar-refractivity contribution in [1.82, 2.24) is 21.3 Å². The molecule has 0 aromatic heterocycles. The van der Waals surface area contributed by atoms with Crippen molar-refractivity contribution in [3.8, 4) is 0 Å². The molecule has 0 bridgehead atoms. The molecule has 10 heteroatoms. The van der Waals surface area contributed by atoms with Gasteiger partial charge in [-0.25, -0.2) is 0 Å². The zero-order valence-corrected chi connectivity index (χ0v) is 18.6. The molecule has 0 spiro atoms. The largest absolute Gasteiger partial charge is 0.379 e. The SMILES string of the molecule is NCCNCCCCCNCCNC(=O)CCOCCOCCNC(=O)CCS. The smallest absolute Gasteiger partial charge is 0.222 e. The van der Waals surface area contributed by atoms with Gasteiger partial charge in [0.2, 0.25) is 11.8 Å². The van der Waals surface area contributed by atoms with E-state index >= 15 is 0 Å². The third kappa shape index (κ3) is 23.2. The normalized spacial score (nSPS) is 10.8. The number of rotatable bonds is 22. The van der Waals surface area contributed by atoms with E-state index in [1.54, 1.807) is 0 Å². The van der Waals surface area contributed by atoms with Gasteiger partial charge in [0.15, 0.2) is 0 Å². The number of hydrogen-bond donors (Lipinski definition) is 6. The summed E-state index contributed by atoms with van der Waals surface area (Å²) in [7, 11) is 0. The first-order chi connectivity index (χ1) is 14.2. The molecule has 0 aliphatic carbocycles. The summed E-state index contributed by atoms with van der Waals surface area (Å²) >= 11 is 3.99. The van der Waals surface area contributed by atoms with Gasteiger partial charge in [0.25, 0.3) is 0 Å². The Morgan fingerprint density at radius 3 is 2.00 bits per heavy atom. The Morgan fingerprint density at radius 1 is 0.690 bits per heavy atom. The van der Waals surface area contributed by atoms with Crippen LogP contribution >= 0.6 is 12.6 Å². The average Bonchev–Trinajstić information content (AvgIpc) is 2.71. The van der Waals surface area contributed by atoms with E-state index in [0.717, 1.165) is 39.0 Å². The van der Waals surface area contributed by atoms with Crippen molar-refractivity contribution in [2.45, 2.75) is 32.1 Å². The maximum absolute atomic E-state index is 11.7. The molecule has 0 saturated heterocycles. The number of nitrogens with two attached hydrogens (primary N) is 1. The molecule has 0 atom stereocenters. The fraction of sp³-hybridized carbons (Fsp3) is 0.895. The fourth-order valence-corrected chi connectivity index (χ4v) is 2.55. The Kier molecular flexibility index (Phi) is 22.6. The first-order valence-electron chi connectivity index (χ1n) is 10.6. The molecule has 29 heavy (non-hydrogen) atoms. The number of amides is 2. The van der Waals surface area contributed by atoms with Crippen molar-refractivity contribution in [2.75, 3.05) is 78.0 Å². The van der Waals surface area contributed by atoms with Gasteiger partial charge in [-0.2, -0.15) is 12.6 Å². The third-order valence-corrected chi connectivity index (χ3v) is 4.13. The summed E-state index contributed by atoms with van der Waals surface area (Å²) in [5, 5.41) is 12.2. The molecule has 0 aromatic rings. The zero-order chi connectivity index (χ0) is 21.4. The van der Waals surface area contributed by atoms with Crippen molar-refractivity contribution in [2.24, 2.45) is 5.73 Å². The van der Waals surface area contributed by atoms with Crippen molar-refractivity contribution in [1.29, 1.82) is 0 Å². The second-order valence-corrected chi connectivity index (χ2v) is 6.94. The van der Waals surface area contributed by atoms with Crippen LogP contribution in [0.3, 0.4) is 0 Å². The molecule has 0 radical (unpaired) electrons. The predicted octanol–water partition coefficient (Wildman–Crippen LogP) is -0.730. The summed E-state index contributed by atoms with van der Waals surface area (Å²) in [6, 6.07) is 0. The minimum Gasteiger partial charge on any atom is -0.379 e. The monoisotopic (exact) mass is 435 g/mol. The van der Waals surface area contributed by atoms with Crippen molar-refractivity contribution < 1.29 is 19.1 Å². The van der Waals surface area contributed by atoms with Gasteiger partial charge < -0.3 is 36.5 Å². The molecule has 0 unspecified atom stereocenters. The first-order valence-corrected chi connectivity index (χ1v) is 11.2. The summed E-state index contributed by atoms with van der Waals surface area (Å²) in [5.41, 5.74) is 5.41. The number of thiol groups is 1. The lowest BCUT2D eigenvalue weighted by molar-refractivity contribution is -0.122. The molecular weight excluding hydrogens is 394 g/mol. The van der Waals surface area contributed by atoms with E-state index in [1.165, 1.54) is 6.42 Å². The number of carbonyl (C=O) groups is 2. The van der Waals surface area contributed by atoms with Crippen LogP contribution in [0.2, 0.25) is 0 Å². The van der Waals surface area contributed by atoms with Gasteiger partial charge in [-0.1, -0.05) is 6.42 Å². The van der Waals surface area contributed by atoms with E-state index in [4.69, 9.17) is 15.2 Å². The van der Waals surface area contributed by atoms with Gasteiger partial charge in [-0.05, 0) is 31.7 Å². The maximum atomic E-state index is 11.7. The number of hydrogen-bond acceptors (Lipinski definition) is 8. The van der Waals surface area contributed by atoms with Crippen LogP contribution in [0.1, 0.15) is 32.1 Å². The number of nitrogens with one attached hydrogen (secondary N) is 4. The lowest BCUT2D eigenvalue weighted by atomic mass is 10.2. The number of carbonyl (C=O) groups excluding carboxylic acids is 2. The highest BCUT2D eigenvalue weighted by atomic mass is 32.1. The summed E-state index contributed by atoms with van der Waals surface area (Å²) in [6.45, 7) is 7.13. The Labute approximate surface area is 181 Å². The Bertz CT molecular complexity index is 392. The average molecular weight is 436 g/mol. The summed E-state index contributed by atoms with van der Waals surface area (Å²) in [4.78, 5) is 22.9. The lowest BCUT2D eigenvalue weighted by Crippen LogP contribution is -2.32. The van der Waals surface area contributed by atoms with E-state index in [1.807, 2.05) is 0 Å². The van der Waals surface area contributed by atoms with Crippen molar-refractivity contribution in [3.63, 3.8) is 0 Å². The molecule has 2 amide bonds. The molecule has 0 saturated carbocycles. The first kappa shape index (κ1) is 28.1. The van der Waals surface area contributed by atoms with Crippen molar-refractivity contribution in [3.05, 3.63) is 0 Å². The van der Waals surface area contributed by atoms with Crippen LogP contribution in [0.25, 0.3) is 0 Å². The van der Waals surface area contributed by atoms with Crippen LogP contribution in [0.15, 0.2) is 0 Å². The van der Waals surface area contributed by atoms with Crippen LogP contribution in [0, 0.1) is 0 Å². The second-order valence-electron chi connectivity index (χ2n) is 6.50. The number of unbranched alkanes of at least 4 members (excludes halogenated alkanes) is 2. The van der Waals surface area contributed by atoms with Gasteiger partial charge >= 0.3 is 0 Å². The van der Waals surface area contributed by atoms with E-state index < -0.39 is 0 Å². The van der Waals surface area contributed by atoms with E-state index in [2.05, 4.69) is 33.9 Å². The third-order valence-electron chi connectivity index (χ3n) is 3.91. The topological polar surface area (TPSA) is 127 Å². The number of ether oxygens (including phenoxy) is 2. The van der Waals surface area contributed by atoms with E-state index in [-0.39, 0.29) is 11.8 Å². The molecule has 0 rings (SSSR count). The standard InChI is InChI=1S/C19H41N5O4S/c20-6-9-21-7-2-1-3-8-22-10-11-23-18(25)4-13-27-15-16-28-14-12-24-19(26)5-17-29/h21-22,29H,1-17,20H2,(H,23,25)(H,24,26). The van der Waals surface area contributed by atoms with Gasteiger partial charge in [-0.3, -0.25) is 9.59 Å². The van der Waals surface area contributed by atoms with E-state index in [0.29, 0.717) is 64.7 Å². The molecule has 0 fully saturated rings. The Morgan fingerprint density at radius 2 is 1.31 bits per heavy atom. The Balaban J connectivity index is 3.20. The predicted molar refractivity (Wildman–Crippen MR) is 119 cm³/mol. The molecule has 9 nitrogen and oxygen atoms in total. The highest BCUT2D eigenvalue weighted by Crippen LogP contribution is 1.91. The minimum atomic E-state index is -0.0207. The molecule has 0 aromatic carbocycles. The molecule has 172 valence electrons. The summed E-state index contributed by atoms with van der Waals surface area (Å²) < 4.78 is 10.7. The van der Waals surface area contributed by atoms with Crippen LogP contribution in [-0.2, 0) is 19.1 Å². The molecule has 6 N–H and O–H groups in total. The van der Waals surface area contributed by atoms with E-state index in [9.17, 15) is 9.59 Å². The summed E-state index contributed by atoms with van der Waals surface area (Å²) in [6.07, 6.45) is 4.24. The molecule has 0 aliphatic rings. The highest BCUT2D eigenvalue weighted by molar-refractivity contribution is 7.80. The van der Waals surface area contributed by atoms with Crippen LogP contribution in [0.5, 0.6) is 0 Å². The second kappa shape index (κ2) is 23.4. The lowest BCUT2D eigenvalue weighted by Gasteiger charge is -2.08. The molecular formula is C19H41N5O4S. The van der Waals surface area contributed by atoms with Crippen LogP contribution in [-0.4, -0.2) is 89.8 Å². The van der Waals surface area contributed by atoms with Gasteiger partial charge in [0.1, 0.15) is 0 Å². The van der Waals surface area contributed by atoms with Gasteiger partial charge in [0.05, 0.1) is 26.4 Å². The maximum Gasteiger partial charge on any atom is 0.222 e. The molecule has 0 heterocycles.